The van der Waals surface area contributed by atoms with E-state index >= 15 is 0 Å². The predicted molar refractivity (Wildman–Crippen MR) is 125 cm³/mol. The van der Waals surface area contributed by atoms with Crippen LogP contribution >= 0.6 is 31.9 Å². The zero-order chi connectivity index (χ0) is 23.0. The highest BCUT2D eigenvalue weighted by Crippen LogP contribution is 2.40. The van der Waals surface area contributed by atoms with Crippen molar-refractivity contribution in [1.29, 1.82) is 0 Å². The van der Waals surface area contributed by atoms with Crippen LogP contribution in [-0.4, -0.2) is 27.1 Å². The van der Waals surface area contributed by atoms with E-state index in [1.165, 1.54) is 36.4 Å². The number of carbonyl (C=O) groups excluding carboxylic acids is 2. The second-order valence-electron chi connectivity index (χ2n) is 6.90. The average Bonchev–Trinajstić information content (AvgIpc) is 3.08. The second kappa shape index (κ2) is 8.64. The van der Waals surface area contributed by atoms with Crippen LogP contribution in [0.4, 0.5) is 0 Å². The molecule has 3 aromatic carbocycles. The Labute approximate surface area is 199 Å². The topological polar surface area (TPSA) is 104 Å². The van der Waals surface area contributed by atoms with Crippen molar-refractivity contribution in [3.8, 4) is 17.2 Å². The van der Waals surface area contributed by atoms with E-state index in [0.717, 1.165) is 0 Å². The standard InChI is InChI=1S/C24H14Br2O6/c25-16-9-12(1-7-18(16)28)10-20-21(14-4-8-19(29)17(26)11-14)22(24(31)32-20)23(30)13-2-5-15(27)6-3-13/h1-11,27-29H/b20-10-. The van der Waals surface area contributed by atoms with Crippen LogP contribution in [0.5, 0.6) is 17.2 Å². The van der Waals surface area contributed by atoms with Crippen molar-refractivity contribution in [3.05, 3.63) is 97.6 Å². The fourth-order valence-corrected chi connectivity index (χ4v) is 3.98. The number of allylic oxidation sites excluding steroid dienone is 1. The van der Waals surface area contributed by atoms with E-state index in [2.05, 4.69) is 31.9 Å². The summed E-state index contributed by atoms with van der Waals surface area (Å²) in [6, 6.07) is 14.9. The van der Waals surface area contributed by atoms with Gasteiger partial charge in [-0.15, -0.1) is 0 Å². The minimum absolute atomic E-state index is 0.000928. The minimum Gasteiger partial charge on any atom is -0.508 e. The number of carbonyl (C=O) groups is 2. The number of ether oxygens (including phenoxy) is 1. The highest BCUT2D eigenvalue weighted by atomic mass is 79.9. The maximum absolute atomic E-state index is 13.2. The Morgan fingerprint density at radius 1 is 0.844 bits per heavy atom. The summed E-state index contributed by atoms with van der Waals surface area (Å²) in [5, 5.41) is 29.1. The molecule has 0 atom stereocenters. The number of hydrogen-bond donors (Lipinski definition) is 3. The molecule has 3 aromatic rings. The van der Waals surface area contributed by atoms with Gasteiger partial charge in [-0.25, -0.2) is 4.79 Å². The van der Waals surface area contributed by atoms with Gasteiger partial charge in [0.15, 0.2) is 0 Å². The summed E-state index contributed by atoms with van der Waals surface area (Å²) >= 11 is 6.51. The summed E-state index contributed by atoms with van der Waals surface area (Å²) in [6.07, 6.45) is 1.58. The molecule has 160 valence electrons. The van der Waals surface area contributed by atoms with Crippen molar-refractivity contribution < 1.29 is 29.6 Å². The fourth-order valence-electron chi connectivity index (χ4n) is 3.21. The molecule has 1 aliphatic rings. The van der Waals surface area contributed by atoms with Crippen LogP contribution in [0.2, 0.25) is 0 Å². The number of Topliss-reactive ketones (excluding diaryl/α,β-unsaturated/α-hetero) is 1. The highest BCUT2D eigenvalue weighted by molar-refractivity contribution is 9.10. The number of rotatable bonds is 4. The molecular weight excluding hydrogens is 544 g/mol. The summed E-state index contributed by atoms with van der Waals surface area (Å²) < 4.78 is 6.31. The first kappa shape index (κ1) is 21.9. The van der Waals surface area contributed by atoms with Crippen LogP contribution in [0.3, 0.4) is 0 Å². The molecule has 0 fully saturated rings. The molecule has 3 N–H and O–H groups in total. The third kappa shape index (κ3) is 4.19. The second-order valence-corrected chi connectivity index (χ2v) is 8.61. The molecule has 8 heteroatoms. The molecule has 0 unspecified atom stereocenters. The smallest absolute Gasteiger partial charge is 0.348 e. The van der Waals surface area contributed by atoms with Gasteiger partial charge in [-0.1, -0.05) is 12.1 Å². The van der Waals surface area contributed by atoms with Gasteiger partial charge >= 0.3 is 5.97 Å². The maximum Gasteiger partial charge on any atom is 0.348 e. The monoisotopic (exact) mass is 556 g/mol. The lowest BCUT2D eigenvalue weighted by Gasteiger charge is -2.08. The van der Waals surface area contributed by atoms with E-state index in [1.54, 1.807) is 30.3 Å². The molecule has 32 heavy (non-hydrogen) atoms. The molecule has 0 radical (unpaired) electrons. The summed E-state index contributed by atoms with van der Waals surface area (Å²) in [4.78, 5) is 26.0. The molecule has 1 heterocycles. The Morgan fingerprint density at radius 3 is 2.09 bits per heavy atom. The summed E-state index contributed by atoms with van der Waals surface area (Å²) in [5.41, 5.74) is 1.40. The lowest BCUT2D eigenvalue weighted by molar-refractivity contribution is -0.132. The number of esters is 1. The summed E-state index contributed by atoms with van der Waals surface area (Å²) in [7, 11) is 0. The fraction of sp³-hybridized carbons (Fsp3) is 0. The van der Waals surface area contributed by atoms with Gasteiger partial charge in [0.2, 0.25) is 5.78 Å². The number of phenols is 3. The molecule has 0 aliphatic carbocycles. The van der Waals surface area contributed by atoms with Crippen molar-refractivity contribution in [3.63, 3.8) is 0 Å². The molecule has 0 saturated carbocycles. The normalized spacial score (nSPS) is 14.7. The van der Waals surface area contributed by atoms with Gasteiger partial charge in [-0.3, -0.25) is 4.79 Å². The van der Waals surface area contributed by atoms with Crippen molar-refractivity contribution >= 4 is 55.3 Å². The summed E-state index contributed by atoms with van der Waals surface area (Å²) in [5.74, 6) is -1.19. The number of cyclic esters (lactones) is 1. The number of hydrogen-bond acceptors (Lipinski definition) is 6. The van der Waals surface area contributed by atoms with E-state index in [-0.39, 0.29) is 39.7 Å². The van der Waals surface area contributed by atoms with Crippen molar-refractivity contribution in [2.75, 3.05) is 0 Å². The van der Waals surface area contributed by atoms with E-state index in [4.69, 9.17) is 4.74 Å². The summed E-state index contributed by atoms with van der Waals surface area (Å²) in [6.45, 7) is 0. The van der Waals surface area contributed by atoms with Crippen LogP contribution in [0.25, 0.3) is 11.6 Å². The molecule has 6 nitrogen and oxygen atoms in total. The minimum atomic E-state index is -0.814. The molecule has 0 bridgehead atoms. The quantitative estimate of drug-likeness (QED) is 0.220. The van der Waals surface area contributed by atoms with Gasteiger partial charge < -0.3 is 20.1 Å². The van der Waals surface area contributed by atoms with Crippen LogP contribution in [0.1, 0.15) is 21.5 Å². The Morgan fingerprint density at radius 2 is 1.47 bits per heavy atom. The Kier molecular flexibility index (Phi) is 5.90. The molecule has 4 rings (SSSR count). The number of benzene rings is 3. The first-order valence-electron chi connectivity index (χ1n) is 9.24. The lowest BCUT2D eigenvalue weighted by Crippen LogP contribution is -2.11. The molecular formula is C24H14Br2O6. The zero-order valence-electron chi connectivity index (χ0n) is 16.2. The Bertz CT molecular complexity index is 1320. The average molecular weight is 558 g/mol. The van der Waals surface area contributed by atoms with E-state index in [9.17, 15) is 24.9 Å². The van der Waals surface area contributed by atoms with Crippen molar-refractivity contribution in [2.24, 2.45) is 0 Å². The molecule has 1 aliphatic heterocycles. The third-order valence-electron chi connectivity index (χ3n) is 4.77. The molecule has 0 aromatic heterocycles. The number of ketones is 1. The first-order valence-corrected chi connectivity index (χ1v) is 10.8. The lowest BCUT2D eigenvalue weighted by atomic mass is 9.93. The van der Waals surface area contributed by atoms with Gasteiger partial charge in [0.25, 0.3) is 0 Å². The van der Waals surface area contributed by atoms with Gasteiger partial charge in [0.1, 0.15) is 28.6 Å². The largest absolute Gasteiger partial charge is 0.508 e. The van der Waals surface area contributed by atoms with E-state index in [1.807, 2.05) is 0 Å². The Hall–Kier alpha value is -3.36. The van der Waals surface area contributed by atoms with Gasteiger partial charge in [0, 0.05) is 11.1 Å². The third-order valence-corrected chi connectivity index (χ3v) is 6.04. The first-order chi connectivity index (χ1) is 15.2. The van der Waals surface area contributed by atoms with Crippen LogP contribution < -0.4 is 0 Å². The van der Waals surface area contributed by atoms with Crippen LogP contribution in [0, 0.1) is 0 Å². The van der Waals surface area contributed by atoms with E-state index in [0.29, 0.717) is 20.1 Å². The molecule has 0 amide bonds. The Balaban J connectivity index is 1.92. The number of aromatic hydroxyl groups is 3. The highest BCUT2D eigenvalue weighted by Gasteiger charge is 2.36. The molecule has 0 saturated heterocycles. The van der Waals surface area contributed by atoms with Gasteiger partial charge in [-0.2, -0.15) is 0 Å². The number of halogens is 2. The maximum atomic E-state index is 13.2. The van der Waals surface area contributed by atoms with Crippen LogP contribution in [0.15, 0.2) is 80.9 Å². The van der Waals surface area contributed by atoms with Crippen molar-refractivity contribution in [2.45, 2.75) is 0 Å². The molecule has 0 spiro atoms. The van der Waals surface area contributed by atoms with Gasteiger partial charge in [-0.05, 0) is 97.6 Å². The van der Waals surface area contributed by atoms with Gasteiger partial charge in [0.05, 0.1) is 8.95 Å². The zero-order valence-corrected chi connectivity index (χ0v) is 19.3. The predicted octanol–water partition coefficient (Wildman–Crippen LogP) is 5.56. The van der Waals surface area contributed by atoms with Crippen LogP contribution in [-0.2, 0) is 9.53 Å². The van der Waals surface area contributed by atoms with Crippen molar-refractivity contribution in [1.82, 2.24) is 0 Å². The number of phenolic OH excluding ortho intramolecular Hbond substituents is 3. The van der Waals surface area contributed by atoms with E-state index < -0.39 is 11.8 Å². The SMILES string of the molecule is O=C1O/C(=C\c2ccc(O)c(Br)c2)C(c2ccc(O)c(Br)c2)=C1C(=O)c1ccc(O)cc1.